The van der Waals surface area contributed by atoms with Crippen LogP contribution in [0.4, 0.5) is 0 Å². The van der Waals surface area contributed by atoms with E-state index in [4.69, 9.17) is 0 Å². The van der Waals surface area contributed by atoms with Crippen molar-refractivity contribution in [3.8, 4) is 0 Å². The van der Waals surface area contributed by atoms with Crippen molar-refractivity contribution in [1.82, 2.24) is 0 Å². The van der Waals surface area contributed by atoms with E-state index in [1.165, 1.54) is 69.3 Å². The minimum Gasteiger partial charge on any atom is -0.493 e. The molecule has 1 aliphatic heterocycles. The van der Waals surface area contributed by atoms with Crippen LogP contribution in [0, 0.1) is 41.5 Å². The summed E-state index contributed by atoms with van der Waals surface area (Å²) in [6.45, 7) is 25.6. The number of benzene rings is 2. The molecule has 3 heteroatoms. The monoisotopic (exact) mass is 620 g/mol. The average Bonchev–Trinajstić information content (AvgIpc) is 3.24. The Kier molecular flexibility index (Phi) is 18.4. The Morgan fingerprint density at radius 1 is 0.615 bits per heavy atom. The molecule has 0 N–H and O–H groups in total. The molecule has 2 aromatic carbocycles. The molecular formula is C36H54N2Pd. The van der Waals surface area contributed by atoms with Gasteiger partial charge in [-0.1, -0.05) is 40.0 Å². The molecule has 0 amide bonds. The van der Waals surface area contributed by atoms with Crippen LogP contribution in [0.2, 0.25) is 0 Å². The Bertz CT molecular complexity index is 1070. The van der Waals surface area contributed by atoms with Gasteiger partial charge in [0.25, 0.3) is 0 Å². The van der Waals surface area contributed by atoms with E-state index in [1.807, 2.05) is 0 Å². The summed E-state index contributed by atoms with van der Waals surface area (Å²) in [5.74, 6) is 0. The van der Waals surface area contributed by atoms with Crippen LogP contribution in [0.5, 0.6) is 0 Å². The summed E-state index contributed by atoms with van der Waals surface area (Å²) in [6, 6.07) is 9.09. The normalized spacial score (nSPS) is 12.3. The van der Waals surface area contributed by atoms with Crippen LogP contribution in [-0.4, -0.2) is 4.70 Å². The molecule has 0 radical (unpaired) electrons. The first-order valence-electron chi connectivity index (χ1n) is 14.9. The van der Waals surface area contributed by atoms with Crippen molar-refractivity contribution in [2.45, 2.75) is 120 Å². The number of aryl methyl sites for hydroxylation is 4. The van der Waals surface area contributed by atoms with Crippen molar-refractivity contribution in [2.75, 3.05) is 0 Å². The first kappa shape index (κ1) is 37.2. The first-order valence-corrected chi connectivity index (χ1v) is 14.9. The summed E-state index contributed by atoms with van der Waals surface area (Å²) >= 11 is 0. The van der Waals surface area contributed by atoms with Gasteiger partial charge in [0.2, 0.25) is 11.4 Å². The van der Waals surface area contributed by atoms with Gasteiger partial charge in [-0.15, -0.1) is 0 Å². The van der Waals surface area contributed by atoms with Crippen LogP contribution in [0.3, 0.4) is 0 Å². The minimum absolute atomic E-state index is 0. The summed E-state index contributed by atoms with van der Waals surface area (Å²) in [5.41, 5.74) is 25.1. The van der Waals surface area contributed by atoms with Crippen molar-refractivity contribution < 1.29 is 25.1 Å². The Hall–Kier alpha value is -1.82. The SMILES string of the molecule is CCCCC1=C(c2cc(C)c(CCCC)c(C)c2)[N+](=[N-])C(c2cc(C)c(CCCC)c(C)c2)=C1.[CH2-]C.[CH2-]C.[Pd+2]. The van der Waals surface area contributed by atoms with Gasteiger partial charge in [0.1, 0.15) is 0 Å². The number of rotatable bonds is 11. The number of nitrogens with zero attached hydrogens (tertiary/aromatic N) is 2. The van der Waals surface area contributed by atoms with Crippen LogP contribution in [0.15, 0.2) is 35.9 Å². The van der Waals surface area contributed by atoms with Crippen LogP contribution in [0.1, 0.15) is 124 Å². The Morgan fingerprint density at radius 2 is 0.974 bits per heavy atom. The van der Waals surface area contributed by atoms with Gasteiger partial charge in [0.05, 0.1) is 0 Å². The van der Waals surface area contributed by atoms with E-state index in [0.29, 0.717) is 0 Å². The molecule has 0 aliphatic carbocycles. The molecule has 3 rings (SSSR count). The van der Waals surface area contributed by atoms with Gasteiger partial charge >= 0.3 is 20.4 Å². The standard InChI is InChI=1S/C32H44N2.2C2H5.Pd/c1-8-11-14-26-21-31(27-17-22(4)29(15-12-9-2)23(5)18-27)34(33)32(26)28-19-24(6)30(16-13-10-3)25(7)20-28;2*1-2;/h17-21H,8-16H2,1-7H3;2*1H2,2H3;/q;2*-1;+2. The molecule has 2 aromatic rings. The summed E-state index contributed by atoms with van der Waals surface area (Å²) < 4.78 is 1.46. The summed E-state index contributed by atoms with van der Waals surface area (Å²) in [6.07, 6.45) is 12.6. The molecule has 0 unspecified atom stereocenters. The van der Waals surface area contributed by atoms with E-state index in [1.54, 1.807) is 13.8 Å². The predicted octanol–water partition coefficient (Wildman–Crippen LogP) is 11.3. The van der Waals surface area contributed by atoms with Crippen LogP contribution in [0.25, 0.3) is 16.9 Å². The molecule has 0 saturated carbocycles. The number of unbranched alkanes of at least 4 members (excludes halogenated alkanes) is 3. The molecule has 1 aliphatic rings. The Labute approximate surface area is 255 Å². The van der Waals surface area contributed by atoms with Crippen LogP contribution < -0.4 is 0 Å². The maximum atomic E-state index is 11.5. The zero-order chi connectivity index (χ0) is 28.8. The van der Waals surface area contributed by atoms with E-state index in [9.17, 15) is 5.53 Å². The molecule has 0 atom stereocenters. The van der Waals surface area contributed by atoms with Crippen molar-refractivity contribution >= 4 is 11.4 Å². The molecule has 2 nitrogen and oxygen atoms in total. The largest absolute Gasteiger partial charge is 2.00 e. The third-order valence-corrected chi connectivity index (χ3v) is 7.38. The zero-order valence-corrected chi connectivity index (χ0v) is 27.9. The summed E-state index contributed by atoms with van der Waals surface area (Å²) in [4.78, 5) is 0. The molecule has 0 saturated heterocycles. The fraction of sp³-hybridized carbons (Fsp3) is 0.500. The second-order valence-electron chi connectivity index (χ2n) is 10.2. The van der Waals surface area contributed by atoms with Crippen molar-refractivity contribution in [3.05, 3.63) is 99.8 Å². The average molecular weight is 621 g/mol. The van der Waals surface area contributed by atoms with Gasteiger partial charge in [-0.2, -0.15) is 13.8 Å². The van der Waals surface area contributed by atoms with Gasteiger partial charge < -0.3 is 19.4 Å². The summed E-state index contributed by atoms with van der Waals surface area (Å²) in [7, 11) is 0. The Morgan fingerprint density at radius 3 is 1.36 bits per heavy atom. The predicted molar refractivity (Wildman–Crippen MR) is 169 cm³/mol. The maximum absolute atomic E-state index is 11.5. The van der Waals surface area contributed by atoms with Gasteiger partial charge in [-0.3, -0.25) is 0 Å². The third-order valence-electron chi connectivity index (χ3n) is 7.38. The van der Waals surface area contributed by atoms with Gasteiger partial charge in [-0.05, 0) is 124 Å². The first-order chi connectivity index (χ1) is 18.3. The quantitative estimate of drug-likeness (QED) is 0.136. The van der Waals surface area contributed by atoms with Crippen molar-refractivity contribution in [2.24, 2.45) is 0 Å². The number of hydrogen-bond acceptors (Lipinski definition) is 0. The van der Waals surface area contributed by atoms with E-state index in [0.717, 1.165) is 54.6 Å². The molecule has 0 spiro atoms. The molecule has 0 bridgehead atoms. The van der Waals surface area contributed by atoms with Gasteiger partial charge in [-0.25, -0.2) is 4.70 Å². The fourth-order valence-electron chi connectivity index (χ4n) is 5.39. The smallest absolute Gasteiger partial charge is 0.493 e. The second kappa shape index (κ2) is 19.3. The number of allylic oxidation sites excluding steroid dienone is 2. The molecule has 0 aromatic heterocycles. The molecule has 0 fully saturated rings. The van der Waals surface area contributed by atoms with E-state index in [-0.39, 0.29) is 20.4 Å². The minimum atomic E-state index is 0. The molecular weight excluding hydrogens is 567 g/mol. The zero-order valence-electron chi connectivity index (χ0n) is 26.4. The molecule has 39 heavy (non-hydrogen) atoms. The second-order valence-corrected chi connectivity index (χ2v) is 10.2. The van der Waals surface area contributed by atoms with Crippen LogP contribution >= 0.6 is 0 Å². The van der Waals surface area contributed by atoms with Gasteiger partial charge in [0.15, 0.2) is 0 Å². The van der Waals surface area contributed by atoms with Crippen molar-refractivity contribution in [1.29, 1.82) is 0 Å². The van der Waals surface area contributed by atoms with E-state index >= 15 is 0 Å². The fourth-order valence-corrected chi connectivity index (χ4v) is 5.39. The van der Waals surface area contributed by atoms with Gasteiger partial charge in [0, 0.05) is 22.8 Å². The van der Waals surface area contributed by atoms with E-state index < -0.39 is 0 Å². The number of hydrogen-bond donors (Lipinski definition) is 0. The topological polar surface area (TPSA) is 25.3 Å². The van der Waals surface area contributed by atoms with Crippen LogP contribution in [-0.2, 0) is 33.3 Å². The van der Waals surface area contributed by atoms with Crippen molar-refractivity contribution in [3.63, 3.8) is 0 Å². The maximum Gasteiger partial charge on any atom is 2.00 e. The Balaban J connectivity index is 0.00000276. The summed E-state index contributed by atoms with van der Waals surface area (Å²) in [5, 5.41) is 0. The molecule has 1 heterocycles. The van der Waals surface area contributed by atoms with E-state index in [2.05, 4.69) is 92.7 Å². The molecule has 218 valence electrons. The third kappa shape index (κ3) is 9.65.